The quantitative estimate of drug-likeness (QED) is 0.884. The number of hydrogen-bond donors (Lipinski definition) is 2. The molecule has 0 bridgehead atoms. The average Bonchev–Trinajstić information content (AvgIpc) is 2.79. The van der Waals surface area contributed by atoms with E-state index < -0.39 is 0 Å². The number of aryl methyl sites for hydroxylation is 2. The van der Waals surface area contributed by atoms with Crippen LogP contribution < -0.4 is 11.1 Å². The predicted octanol–water partition coefficient (Wildman–Crippen LogP) is 2.75. The summed E-state index contributed by atoms with van der Waals surface area (Å²) in [6.45, 7) is 2.58. The van der Waals surface area contributed by atoms with Crippen molar-refractivity contribution in [3.8, 4) is 0 Å². The third-order valence-electron chi connectivity index (χ3n) is 3.09. The van der Waals surface area contributed by atoms with Crippen LogP contribution in [0.25, 0.3) is 0 Å². The smallest absolute Gasteiger partial charge is 0.0674 e. The topological polar surface area (TPSA) is 55.9 Å². The number of halogens is 1. The van der Waals surface area contributed by atoms with Gasteiger partial charge in [-0.15, -0.1) is 0 Å². The van der Waals surface area contributed by atoms with Crippen molar-refractivity contribution in [2.75, 3.05) is 11.9 Å². The number of hydrogen-bond acceptors (Lipinski definition) is 3. The Labute approximate surface area is 118 Å². The van der Waals surface area contributed by atoms with Gasteiger partial charge in [0, 0.05) is 25.4 Å². The minimum atomic E-state index is 0.0172. The van der Waals surface area contributed by atoms with Crippen molar-refractivity contribution in [2.45, 2.75) is 19.4 Å². The summed E-state index contributed by atoms with van der Waals surface area (Å²) in [7, 11) is 1.92. The Morgan fingerprint density at radius 3 is 2.79 bits per heavy atom. The lowest BCUT2D eigenvalue weighted by molar-refractivity contribution is 0.746. The van der Waals surface area contributed by atoms with Crippen LogP contribution in [0.5, 0.6) is 0 Å². The van der Waals surface area contributed by atoms with E-state index in [2.05, 4.69) is 17.3 Å². The van der Waals surface area contributed by atoms with E-state index in [0.29, 0.717) is 11.6 Å². The molecule has 1 unspecified atom stereocenters. The van der Waals surface area contributed by atoms with Gasteiger partial charge in [0.05, 0.1) is 22.4 Å². The fraction of sp³-hybridized carbons (Fsp3) is 0.357. The van der Waals surface area contributed by atoms with Crippen LogP contribution in [0.15, 0.2) is 30.5 Å². The van der Waals surface area contributed by atoms with E-state index in [4.69, 9.17) is 17.3 Å². The molecule has 102 valence electrons. The molecule has 19 heavy (non-hydrogen) atoms. The summed E-state index contributed by atoms with van der Waals surface area (Å²) in [5.74, 6) is 0. The molecule has 5 heteroatoms. The van der Waals surface area contributed by atoms with E-state index in [1.165, 1.54) is 0 Å². The van der Waals surface area contributed by atoms with Gasteiger partial charge in [0.15, 0.2) is 0 Å². The van der Waals surface area contributed by atoms with E-state index >= 15 is 0 Å². The van der Waals surface area contributed by atoms with Gasteiger partial charge in [0.2, 0.25) is 0 Å². The summed E-state index contributed by atoms with van der Waals surface area (Å²) in [6, 6.07) is 7.69. The highest BCUT2D eigenvalue weighted by atomic mass is 35.5. The first-order chi connectivity index (χ1) is 9.15. The fourth-order valence-electron chi connectivity index (χ4n) is 2.15. The van der Waals surface area contributed by atoms with Gasteiger partial charge in [-0.25, -0.2) is 0 Å². The molecule has 1 atom stereocenters. The largest absolute Gasteiger partial charge is 0.376 e. The van der Waals surface area contributed by atoms with Crippen molar-refractivity contribution in [3.63, 3.8) is 0 Å². The molecule has 0 aliphatic carbocycles. The van der Waals surface area contributed by atoms with E-state index in [1.54, 1.807) is 0 Å². The first-order valence-electron chi connectivity index (χ1n) is 6.39. The number of nitrogens with two attached hydrogens (primary N) is 1. The first kappa shape index (κ1) is 13.9. The first-order valence-corrected chi connectivity index (χ1v) is 6.77. The molecule has 2 aromatic rings. The van der Waals surface area contributed by atoms with Crippen molar-refractivity contribution < 1.29 is 0 Å². The number of nitrogens with zero attached hydrogens (tertiary/aromatic N) is 2. The molecule has 2 rings (SSSR count). The second-order valence-electron chi connectivity index (χ2n) is 4.47. The Kier molecular flexibility index (Phi) is 4.45. The highest BCUT2D eigenvalue weighted by Crippen LogP contribution is 2.26. The SMILES string of the molecule is CCc1nn(C)cc1C(CN)Nc1ccccc1Cl. The third kappa shape index (κ3) is 3.08. The van der Waals surface area contributed by atoms with Gasteiger partial charge in [0.25, 0.3) is 0 Å². The third-order valence-corrected chi connectivity index (χ3v) is 3.42. The van der Waals surface area contributed by atoms with Crippen LogP contribution in [0.3, 0.4) is 0 Å². The molecule has 3 N–H and O–H groups in total. The molecular weight excluding hydrogens is 260 g/mol. The van der Waals surface area contributed by atoms with Gasteiger partial charge in [-0.3, -0.25) is 4.68 Å². The average molecular weight is 279 g/mol. The van der Waals surface area contributed by atoms with Gasteiger partial charge in [-0.2, -0.15) is 5.10 Å². The number of aromatic nitrogens is 2. The van der Waals surface area contributed by atoms with Crippen LogP contribution in [0, 0.1) is 0 Å². The Hall–Kier alpha value is -1.52. The molecule has 0 saturated carbocycles. The van der Waals surface area contributed by atoms with Crippen LogP contribution in [-0.2, 0) is 13.5 Å². The maximum absolute atomic E-state index is 6.17. The summed E-state index contributed by atoms with van der Waals surface area (Å²) in [6.07, 6.45) is 2.90. The molecule has 0 spiro atoms. The molecule has 0 aliphatic heterocycles. The maximum Gasteiger partial charge on any atom is 0.0674 e. The summed E-state index contributed by atoms with van der Waals surface area (Å²) in [5.41, 5.74) is 8.99. The van der Waals surface area contributed by atoms with Crippen molar-refractivity contribution in [1.29, 1.82) is 0 Å². The van der Waals surface area contributed by atoms with Gasteiger partial charge in [0.1, 0.15) is 0 Å². The van der Waals surface area contributed by atoms with E-state index in [0.717, 1.165) is 23.4 Å². The minimum absolute atomic E-state index is 0.0172. The molecule has 0 saturated heterocycles. The summed E-state index contributed by atoms with van der Waals surface area (Å²) in [5, 5.41) is 8.54. The van der Waals surface area contributed by atoms with E-state index in [1.807, 2.05) is 42.2 Å². The summed E-state index contributed by atoms with van der Waals surface area (Å²) >= 11 is 6.17. The number of nitrogens with one attached hydrogen (secondary N) is 1. The molecule has 0 aliphatic rings. The zero-order valence-corrected chi connectivity index (χ0v) is 12.0. The summed E-state index contributed by atoms with van der Waals surface area (Å²) in [4.78, 5) is 0. The van der Waals surface area contributed by atoms with Gasteiger partial charge >= 0.3 is 0 Å². The maximum atomic E-state index is 6.17. The molecule has 1 aromatic carbocycles. The van der Waals surface area contributed by atoms with Crippen LogP contribution in [0.1, 0.15) is 24.2 Å². The fourth-order valence-corrected chi connectivity index (χ4v) is 2.34. The number of para-hydroxylation sites is 1. The van der Waals surface area contributed by atoms with Crippen molar-refractivity contribution in [1.82, 2.24) is 9.78 Å². The number of anilines is 1. The van der Waals surface area contributed by atoms with Crippen LogP contribution in [0.2, 0.25) is 5.02 Å². The Morgan fingerprint density at radius 2 is 2.16 bits per heavy atom. The Bertz CT molecular complexity index is 550. The highest BCUT2D eigenvalue weighted by molar-refractivity contribution is 6.33. The summed E-state index contributed by atoms with van der Waals surface area (Å²) < 4.78 is 1.82. The highest BCUT2D eigenvalue weighted by Gasteiger charge is 2.17. The standard InChI is InChI=1S/C14H19ClN4/c1-3-12-10(9-19(2)18-12)14(8-16)17-13-7-5-4-6-11(13)15/h4-7,9,14,17H,3,8,16H2,1-2H3. The zero-order chi connectivity index (χ0) is 13.8. The van der Waals surface area contributed by atoms with E-state index in [-0.39, 0.29) is 6.04 Å². The molecule has 1 aromatic heterocycles. The van der Waals surface area contributed by atoms with Crippen molar-refractivity contribution in [2.24, 2.45) is 12.8 Å². The normalized spacial score (nSPS) is 12.4. The second-order valence-corrected chi connectivity index (χ2v) is 4.88. The molecular formula is C14H19ClN4. The Morgan fingerprint density at radius 1 is 1.42 bits per heavy atom. The molecule has 4 nitrogen and oxygen atoms in total. The van der Waals surface area contributed by atoms with Crippen molar-refractivity contribution in [3.05, 3.63) is 46.7 Å². The van der Waals surface area contributed by atoms with Gasteiger partial charge < -0.3 is 11.1 Å². The van der Waals surface area contributed by atoms with E-state index in [9.17, 15) is 0 Å². The lowest BCUT2D eigenvalue weighted by Gasteiger charge is -2.19. The molecule has 0 radical (unpaired) electrons. The Balaban J connectivity index is 2.27. The van der Waals surface area contributed by atoms with Crippen LogP contribution >= 0.6 is 11.6 Å². The second kappa shape index (κ2) is 6.08. The van der Waals surface area contributed by atoms with Crippen molar-refractivity contribution >= 4 is 17.3 Å². The lowest BCUT2D eigenvalue weighted by Crippen LogP contribution is -2.21. The zero-order valence-electron chi connectivity index (χ0n) is 11.2. The monoisotopic (exact) mass is 278 g/mol. The number of rotatable bonds is 5. The van der Waals surface area contributed by atoms with Crippen LogP contribution in [0.4, 0.5) is 5.69 Å². The predicted molar refractivity (Wildman–Crippen MR) is 79.5 cm³/mol. The number of benzene rings is 1. The minimum Gasteiger partial charge on any atom is -0.376 e. The van der Waals surface area contributed by atoms with Crippen LogP contribution in [-0.4, -0.2) is 16.3 Å². The lowest BCUT2D eigenvalue weighted by atomic mass is 10.1. The van der Waals surface area contributed by atoms with Gasteiger partial charge in [-0.1, -0.05) is 30.7 Å². The molecule has 0 amide bonds. The molecule has 0 fully saturated rings. The molecule has 1 heterocycles. The van der Waals surface area contributed by atoms with Gasteiger partial charge in [-0.05, 0) is 18.6 Å².